The lowest BCUT2D eigenvalue weighted by Crippen LogP contribution is -2.05. The molecular weight excluding hydrogens is 200 g/mol. The number of hydrogen-bond donors (Lipinski definition) is 1. The summed E-state index contributed by atoms with van der Waals surface area (Å²) in [4.78, 5) is 17.9. The molecule has 0 aliphatic carbocycles. The van der Waals surface area contributed by atoms with Crippen molar-refractivity contribution in [2.45, 2.75) is 6.42 Å². The minimum absolute atomic E-state index is 0.0979. The van der Waals surface area contributed by atoms with Gasteiger partial charge >= 0.3 is 5.97 Å². The van der Waals surface area contributed by atoms with Crippen LogP contribution in [0.2, 0.25) is 0 Å². The van der Waals surface area contributed by atoms with Crippen LogP contribution in [0.4, 0.5) is 0 Å². The Bertz CT molecular complexity index is 312. The number of hydrogen-bond acceptors (Lipinski definition) is 5. The number of methoxy groups -OCH3 is 1. The Morgan fingerprint density at radius 2 is 2.20 bits per heavy atom. The van der Waals surface area contributed by atoms with Gasteiger partial charge in [0.1, 0.15) is 0 Å². The first-order valence-corrected chi connectivity index (χ1v) is 4.41. The van der Waals surface area contributed by atoms with Gasteiger partial charge in [0.25, 0.3) is 0 Å². The number of carboxylic acid groups (broad SMARTS) is 1. The van der Waals surface area contributed by atoms with E-state index in [9.17, 15) is 4.79 Å². The van der Waals surface area contributed by atoms with Crippen LogP contribution in [0, 0.1) is 0 Å². The van der Waals surface area contributed by atoms with Gasteiger partial charge in [-0.25, -0.2) is 14.8 Å². The Morgan fingerprint density at radius 1 is 1.40 bits per heavy atom. The fourth-order valence-corrected chi connectivity index (χ4v) is 0.881. The van der Waals surface area contributed by atoms with Crippen molar-refractivity contribution in [2.24, 2.45) is 0 Å². The van der Waals surface area contributed by atoms with Crippen molar-refractivity contribution >= 4 is 5.97 Å². The number of aromatic carboxylic acids is 1. The molecule has 0 fully saturated rings. The third-order valence-corrected chi connectivity index (χ3v) is 1.59. The van der Waals surface area contributed by atoms with Crippen LogP contribution in [0.25, 0.3) is 0 Å². The highest BCUT2D eigenvalue weighted by atomic mass is 16.5. The zero-order valence-electron chi connectivity index (χ0n) is 8.34. The zero-order valence-corrected chi connectivity index (χ0v) is 8.34. The van der Waals surface area contributed by atoms with Crippen molar-refractivity contribution in [3.63, 3.8) is 0 Å². The van der Waals surface area contributed by atoms with Crippen molar-refractivity contribution < 1.29 is 19.4 Å². The largest absolute Gasteiger partial charge is 0.476 e. The quantitative estimate of drug-likeness (QED) is 0.695. The van der Waals surface area contributed by atoms with Gasteiger partial charge in [0.15, 0.2) is 5.69 Å². The Morgan fingerprint density at radius 3 is 2.73 bits per heavy atom. The second-order valence-electron chi connectivity index (χ2n) is 2.74. The smallest absolute Gasteiger partial charge is 0.356 e. The Hall–Kier alpha value is -1.69. The fourth-order valence-electron chi connectivity index (χ4n) is 0.881. The summed E-state index contributed by atoms with van der Waals surface area (Å²) in [5.41, 5.74) is -0.0979. The van der Waals surface area contributed by atoms with Gasteiger partial charge in [-0.1, -0.05) is 0 Å². The van der Waals surface area contributed by atoms with Crippen LogP contribution in [0.15, 0.2) is 12.4 Å². The van der Waals surface area contributed by atoms with Gasteiger partial charge in [-0.05, 0) is 0 Å². The van der Waals surface area contributed by atoms with E-state index < -0.39 is 5.97 Å². The molecule has 0 aromatic carbocycles. The Balaban J connectivity index is 2.39. The van der Waals surface area contributed by atoms with Gasteiger partial charge in [0.05, 0.1) is 19.0 Å². The molecule has 1 heterocycles. The SMILES string of the molecule is COCCCOc1cnc(C(=O)O)cn1. The maximum atomic E-state index is 10.5. The summed E-state index contributed by atoms with van der Waals surface area (Å²) >= 11 is 0. The molecule has 0 saturated carbocycles. The Kier molecular flexibility index (Phi) is 4.49. The zero-order chi connectivity index (χ0) is 11.1. The molecule has 0 radical (unpaired) electrons. The van der Waals surface area contributed by atoms with E-state index in [-0.39, 0.29) is 5.69 Å². The van der Waals surface area contributed by atoms with Crippen molar-refractivity contribution in [3.05, 3.63) is 18.1 Å². The van der Waals surface area contributed by atoms with Crippen LogP contribution in [0.3, 0.4) is 0 Å². The highest BCUT2D eigenvalue weighted by Gasteiger charge is 2.04. The molecular formula is C9H12N2O4. The van der Waals surface area contributed by atoms with Crippen LogP contribution in [0.5, 0.6) is 5.88 Å². The van der Waals surface area contributed by atoms with E-state index in [1.165, 1.54) is 6.20 Å². The molecule has 1 rings (SSSR count). The number of ether oxygens (including phenoxy) is 2. The lowest BCUT2D eigenvalue weighted by atomic mass is 10.4. The second kappa shape index (κ2) is 5.92. The first-order valence-electron chi connectivity index (χ1n) is 4.41. The summed E-state index contributed by atoms with van der Waals surface area (Å²) in [6, 6.07) is 0. The lowest BCUT2D eigenvalue weighted by molar-refractivity contribution is 0.0689. The van der Waals surface area contributed by atoms with E-state index in [1.807, 2.05) is 0 Å². The topological polar surface area (TPSA) is 81.5 Å². The van der Waals surface area contributed by atoms with Gasteiger partial charge < -0.3 is 14.6 Å². The van der Waals surface area contributed by atoms with Crippen molar-refractivity contribution in [1.82, 2.24) is 9.97 Å². The summed E-state index contributed by atoms with van der Waals surface area (Å²) in [6.07, 6.45) is 3.20. The standard InChI is InChI=1S/C9H12N2O4/c1-14-3-2-4-15-8-6-10-7(5-11-8)9(12)13/h5-6H,2-4H2,1H3,(H,12,13). The summed E-state index contributed by atoms with van der Waals surface area (Å²) < 4.78 is 10.0. The first-order chi connectivity index (χ1) is 7.24. The van der Waals surface area contributed by atoms with Crippen molar-refractivity contribution in [1.29, 1.82) is 0 Å². The van der Waals surface area contributed by atoms with Gasteiger partial charge in [0, 0.05) is 20.1 Å². The van der Waals surface area contributed by atoms with Crippen LogP contribution < -0.4 is 4.74 Å². The molecule has 0 amide bonds. The van der Waals surface area contributed by atoms with Gasteiger partial charge in [-0.3, -0.25) is 0 Å². The van der Waals surface area contributed by atoms with Gasteiger partial charge in [0.2, 0.25) is 5.88 Å². The summed E-state index contributed by atoms with van der Waals surface area (Å²) in [7, 11) is 1.61. The van der Waals surface area contributed by atoms with E-state index in [2.05, 4.69) is 9.97 Å². The Labute approximate surface area is 86.9 Å². The van der Waals surface area contributed by atoms with E-state index in [4.69, 9.17) is 14.6 Å². The normalized spacial score (nSPS) is 9.93. The second-order valence-corrected chi connectivity index (χ2v) is 2.74. The van der Waals surface area contributed by atoms with Crippen LogP contribution >= 0.6 is 0 Å². The average Bonchev–Trinajstić information content (AvgIpc) is 2.25. The number of nitrogens with zero attached hydrogens (tertiary/aromatic N) is 2. The molecule has 6 nitrogen and oxygen atoms in total. The molecule has 0 aliphatic heterocycles. The lowest BCUT2D eigenvalue weighted by Gasteiger charge is -2.03. The summed E-state index contributed by atoms with van der Waals surface area (Å²) in [5, 5.41) is 8.56. The molecule has 0 aliphatic rings. The molecule has 15 heavy (non-hydrogen) atoms. The van der Waals surface area contributed by atoms with E-state index >= 15 is 0 Å². The summed E-state index contributed by atoms with van der Waals surface area (Å²) in [6.45, 7) is 1.08. The highest BCUT2D eigenvalue weighted by Crippen LogP contribution is 2.04. The van der Waals surface area contributed by atoms with E-state index in [0.717, 1.165) is 12.6 Å². The monoisotopic (exact) mass is 212 g/mol. The molecule has 0 unspecified atom stereocenters. The average molecular weight is 212 g/mol. The molecule has 1 aromatic heterocycles. The van der Waals surface area contributed by atoms with E-state index in [0.29, 0.717) is 19.1 Å². The molecule has 1 aromatic rings. The molecule has 82 valence electrons. The number of aromatic nitrogens is 2. The van der Waals surface area contributed by atoms with Gasteiger partial charge in [-0.15, -0.1) is 0 Å². The van der Waals surface area contributed by atoms with Gasteiger partial charge in [-0.2, -0.15) is 0 Å². The maximum Gasteiger partial charge on any atom is 0.356 e. The van der Waals surface area contributed by atoms with E-state index in [1.54, 1.807) is 7.11 Å². The number of carbonyl (C=O) groups is 1. The minimum atomic E-state index is -1.10. The molecule has 0 saturated heterocycles. The van der Waals surface area contributed by atoms with Crippen LogP contribution in [-0.2, 0) is 4.74 Å². The molecule has 6 heteroatoms. The highest BCUT2D eigenvalue weighted by molar-refractivity contribution is 5.84. The minimum Gasteiger partial charge on any atom is -0.476 e. The first kappa shape index (κ1) is 11.4. The molecule has 0 bridgehead atoms. The third-order valence-electron chi connectivity index (χ3n) is 1.59. The number of rotatable bonds is 6. The maximum absolute atomic E-state index is 10.5. The van der Waals surface area contributed by atoms with Crippen LogP contribution in [-0.4, -0.2) is 41.4 Å². The van der Waals surface area contributed by atoms with Crippen molar-refractivity contribution in [3.8, 4) is 5.88 Å². The number of carboxylic acids is 1. The molecule has 0 spiro atoms. The fraction of sp³-hybridized carbons (Fsp3) is 0.444. The van der Waals surface area contributed by atoms with Crippen molar-refractivity contribution in [2.75, 3.05) is 20.3 Å². The summed E-state index contributed by atoms with van der Waals surface area (Å²) in [5.74, 6) is -0.787. The predicted octanol–water partition coefficient (Wildman–Crippen LogP) is 0.590. The molecule has 1 N–H and O–H groups in total. The van der Waals surface area contributed by atoms with Crippen LogP contribution in [0.1, 0.15) is 16.9 Å². The third kappa shape index (κ3) is 3.90. The predicted molar refractivity (Wildman–Crippen MR) is 51.0 cm³/mol. The molecule has 0 atom stereocenters.